The molecule has 200 valence electrons. The lowest BCUT2D eigenvalue weighted by Crippen LogP contribution is -2.54. The van der Waals surface area contributed by atoms with E-state index in [2.05, 4.69) is 14.9 Å². The Morgan fingerprint density at radius 2 is 1.93 bits per heavy atom. The van der Waals surface area contributed by atoms with Crippen molar-refractivity contribution < 1.29 is 9.04 Å². The summed E-state index contributed by atoms with van der Waals surface area (Å²) in [5.41, 5.74) is 12.3. The van der Waals surface area contributed by atoms with Gasteiger partial charge in [-0.2, -0.15) is 5.10 Å². The van der Waals surface area contributed by atoms with Gasteiger partial charge >= 0.3 is 0 Å². The van der Waals surface area contributed by atoms with Crippen LogP contribution in [0.3, 0.4) is 0 Å². The molecule has 3 N–H and O–H groups in total. The van der Waals surface area contributed by atoms with Gasteiger partial charge in [-0.3, -0.25) is 4.98 Å². The molecular formula is C30H27FN8O. The van der Waals surface area contributed by atoms with E-state index in [4.69, 9.17) is 16.2 Å². The third-order valence-corrected chi connectivity index (χ3v) is 8.32. The number of rotatable bonds is 5. The summed E-state index contributed by atoms with van der Waals surface area (Å²) in [5, 5.41) is 25.5. The minimum absolute atomic E-state index is 0.0274. The fourth-order valence-corrected chi connectivity index (χ4v) is 6.31. The topological polar surface area (TPSA) is 119 Å². The van der Waals surface area contributed by atoms with Gasteiger partial charge in [-0.25, -0.2) is 13.9 Å². The maximum absolute atomic E-state index is 15.8. The molecule has 10 heteroatoms. The van der Waals surface area contributed by atoms with Gasteiger partial charge < -0.3 is 25.9 Å². The number of hydroxylamine groups is 3. The summed E-state index contributed by atoms with van der Waals surface area (Å²) in [4.78, 5) is 10.9. The number of hydrogen-bond donors (Lipinski definition) is 2. The Morgan fingerprint density at radius 1 is 1.10 bits per heavy atom. The molecule has 2 saturated heterocycles. The average molecular weight is 535 g/mol. The zero-order valence-corrected chi connectivity index (χ0v) is 21.8. The number of nitrogens with two attached hydrogens (primary N) is 1. The lowest BCUT2D eigenvalue weighted by Gasteiger charge is -2.45. The summed E-state index contributed by atoms with van der Waals surface area (Å²) in [7, 11) is 1.73. The standard InChI is InChI=1S/C30H27FN8O/c1-39(40)17-20-13-21(39)16-37(20)19-5-6-23(25(31)14-19)27-9-12-35-30-28(22-3-2-4-26(33)24(22)15-32)29(36-38(27)30)18-7-10-34-11-8-18/h2-12,14-15,20-21,32H,13,16-17,33H2,1H3/t20-,21-,39?/m0/s1. The maximum atomic E-state index is 15.8. The summed E-state index contributed by atoms with van der Waals surface area (Å²) in [6.07, 6.45) is 7.08. The van der Waals surface area contributed by atoms with E-state index in [1.54, 1.807) is 54.4 Å². The molecule has 3 atom stereocenters. The van der Waals surface area contributed by atoms with Crippen molar-refractivity contribution in [3.63, 3.8) is 0 Å². The number of likely N-dealkylation sites (tertiary alicyclic amines) is 1. The average Bonchev–Trinajstić information content (AvgIpc) is 3.63. The molecule has 2 bridgehead atoms. The highest BCUT2D eigenvalue weighted by atomic mass is 19.1. The first-order valence-electron chi connectivity index (χ1n) is 13.2. The molecule has 2 aliphatic rings. The molecule has 2 aliphatic heterocycles. The number of likely N-dealkylation sites (N-methyl/N-ethyl adjacent to an activating group) is 1. The number of nitrogens with zero attached hydrogens (tertiary/aromatic N) is 6. The number of piperazine rings is 1. The fraction of sp³-hybridized carbons (Fsp3) is 0.200. The lowest BCUT2D eigenvalue weighted by molar-refractivity contribution is -0.874. The quantitative estimate of drug-likeness (QED) is 0.145. The molecule has 1 unspecified atom stereocenters. The Balaban J connectivity index is 1.38. The van der Waals surface area contributed by atoms with Crippen LogP contribution in [0.4, 0.5) is 15.8 Å². The molecule has 7 rings (SSSR count). The van der Waals surface area contributed by atoms with E-state index in [0.717, 1.165) is 17.7 Å². The van der Waals surface area contributed by atoms with Gasteiger partial charge in [0.1, 0.15) is 17.6 Å². The van der Waals surface area contributed by atoms with E-state index >= 15 is 4.39 Å². The van der Waals surface area contributed by atoms with Crippen molar-refractivity contribution in [2.75, 3.05) is 30.8 Å². The second-order valence-electron chi connectivity index (χ2n) is 10.7. The normalized spacial score (nSPS) is 21.8. The van der Waals surface area contributed by atoms with Crippen molar-refractivity contribution in [3.05, 3.63) is 89.8 Å². The van der Waals surface area contributed by atoms with Crippen molar-refractivity contribution in [1.29, 1.82) is 5.41 Å². The van der Waals surface area contributed by atoms with Crippen LogP contribution >= 0.6 is 0 Å². The highest BCUT2D eigenvalue weighted by molar-refractivity contribution is 6.01. The first-order valence-corrected chi connectivity index (χ1v) is 13.2. The van der Waals surface area contributed by atoms with Crippen LogP contribution in [0, 0.1) is 16.4 Å². The maximum Gasteiger partial charge on any atom is 0.164 e. The number of nitrogen functional groups attached to an aromatic ring is 1. The summed E-state index contributed by atoms with van der Waals surface area (Å²) >= 11 is 0. The lowest BCUT2D eigenvalue weighted by atomic mass is 9.96. The van der Waals surface area contributed by atoms with Crippen LogP contribution in [0.25, 0.3) is 39.3 Å². The zero-order chi connectivity index (χ0) is 27.6. The molecule has 2 fully saturated rings. The van der Waals surface area contributed by atoms with Crippen molar-refractivity contribution in [2.45, 2.75) is 18.5 Å². The molecule has 0 amide bonds. The molecule has 0 aliphatic carbocycles. The number of quaternary nitrogens is 1. The highest BCUT2D eigenvalue weighted by Gasteiger charge is 2.48. The Labute approximate surface area is 230 Å². The molecule has 5 heterocycles. The van der Waals surface area contributed by atoms with Gasteiger partial charge in [0.2, 0.25) is 0 Å². The molecule has 40 heavy (non-hydrogen) atoms. The van der Waals surface area contributed by atoms with Crippen LogP contribution in [-0.4, -0.2) is 62.7 Å². The SMILES string of the molecule is C[N+]1([O-])C[C@@H]2C[C@H]1CN2c1ccc(-c2ccnc3c(-c4cccc(N)c4C=N)c(-c4ccncc4)nn23)c(F)c1. The number of anilines is 2. The van der Waals surface area contributed by atoms with E-state index in [-0.39, 0.29) is 22.5 Å². The van der Waals surface area contributed by atoms with Crippen molar-refractivity contribution in [3.8, 4) is 33.6 Å². The highest BCUT2D eigenvalue weighted by Crippen LogP contribution is 2.41. The van der Waals surface area contributed by atoms with Gasteiger partial charge in [-0.1, -0.05) is 12.1 Å². The fourth-order valence-electron chi connectivity index (χ4n) is 6.31. The van der Waals surface area contributed by atoms with E-state index < -0.39 is 0 Å². The molecule has 9 nitrogen and oxygen atoms in total. The van der Waals surface area contributed by atoms with E-state index in [1.807, 2.05) is 30.3 Å². The van der Waals surface area contributed by atoms with Crippen LogP contribution in [0.1, 0.15) is 12.0 Å². The van der Waals surface area contributed by atoms with E-state index in [9.17, 15) is 5.21 Å². The number of aromatic nitrogens is 4. The van der Waals surface area contributed by atoms with Crippen LogP contribution < -0.4 is 10.6 Å². The molecule has 2 aromatic carbocycles. The van der Waals surface area contributed by atoms with Crippen LogP contribution in [0.2, 0.25) is 0 Å². The largest absolute Gasteiger partial charge is 0.633 e. The van der Waals surface area contributed by atoms with Crippen LogP contribution in [0.15, 0.2) is 73.2 Å². The van der Waals surface area contributed by atoms with Crippen LogP contribution in [-0.2, 0) is 0 Å². The number of hydrogen-bond acceptors (Lipinski definition) is 7. The third kappa shape index (κ3) is 3.68. The molecule has 0 saturated carbocycles. The zero-order valence-electron chi connectivity index (χ0n) is 21.8. The van der Waals surface area contributed by atoms with Gasteiger partial charge in [0.15, 0.2) is 5.65 Å². The smallest absolute Gasteiger partial charge is 0.164 e. The van der Waals surface area contributed by atoms with Gasteiger partial charge in [0.25, 0.3) is 0 Å². The third-order valence-electron chi connectivity index (χ3n) is 8.32. The monoisotopic (exact) mass is 534 g/mol. The molecular weight excluding hydrogens is 507 g/mol. The Kier molecular flexibility index (Phi) is 5.45. The van der Waals surface area contributed by atoms with E-state index in [0.29, 0.717) is 58.1 Å². The van der Waals surface area contributed by atoms with Gasteiger partial charge in [-0.15, -0.1) is 0 Å². The second-order valence-corrected chi connectivity index (χ2v) is 10.7. The summed E-state index contributed by atoms with van der Waals surface area (Å²) < 4.78 is 17.3. The molecule has 5 aromatic rings. The van der Waals surface area contributed by atoms with Crippen molar-refractivity contribution in [1.82, 2.24) is 19.6 Å². The minimum atomic E-state index is -0.376. The molecule has 0 radical (unpaired) electrons. The number of benzene rings is 2. The van der Waals surface area contributed by atoms with Crippen molar-refractivity contribution in [2.24, 2.45) is 0 Å². The Morgan fingerprint density at radius 3 is 2.62 bits per heavy atom. The van der Waals surface area contributed by atoms with Gasteiger partial charge in [-0.05, 0) is 48.0 Å². The summed E-state index contributed by atoms with van der Waals surface area (Å²) in [6.45, 7) is 1.16. The van der Waals surface area contributed by atoms with E-state index in [1.165, 1.54) is 6.21 Å². The van der Waals surface area contributed by atoms with Crippen LogP contribution in [0.5, 0.6) is 0 Å². The number of fused-ring (bicyclic) bond motifs is 3. The number of pyridine rings is 1. The minimum Gasteiger partial charge on any atom is -0.633 e. The number of nitrogens with one attached hydrogen (secondary N) is 1. The Hall–Kier alpha value is -4.67. The number of halogens is 1. The molecule has 3 aromatic heterocycles. The predicted octanol–water partition coefficient (Wildman–Crippen LogP) is 4.75. The molecule has 0 spiro atoms. The van der Waals surface area contributed by atoms with Crippen molar-refractivity contribution >= 4 is 23.2 Å². The summed E-state index contributed by atoms with van der Waals surface area (Å²) in [6, 6.07) is 16.3. The predicted molar refractivity (Wildman–Crippen MR) is 153 cm³/mol. The first-order chi connectivity index (χ1) is 19.4. The summed E-state index contributed by atoms with van der Waals surface area (Å²) in [5.74, 6) is -0.376. The second kappa shape index (κ2) is 8.94. The van der Waals surface area contributed by atoms with Gasteiger partial charge in [0, 0.05) is 59.3 Å². The van der Waals surface area contributed by atoms with Gasteiger partial charge in [0.05, 0.1) is 37.4 Å². The first kappa shape index (κ1) is 24.4. The Bertz CT molecular complexity index is 1780.